The summed E-state index contributed by atoms with van der Waals surface area (Å²) in [7, 11) is 0. The third-order valence-corrected chi connectivity index (χ3v) is 2.69. The lowest BCUT2D eigenvalue weighted by Crippen LogP contribution is -2.22. The number of rotatable bonds is 3. The number of hydrogen-bond acceptors (Lipinski definition) is 4. The quantitative estimate of drug-likeness (QED) is 0.746. The van der Waals surface area contributed by atoms with Crippen molar-refractivity contribution in [3.63, 3.8) is 0 Å². The first-order chi connectivity index (χ1) is 9.24. The lowest BCUT2D eigenvalue weighted by atomic mass is 10.4. The molecule has 0 unspecified atom stereocenters. The fraction of sp³-hybridized carbons (Fsp3) is 0.0769. The van der Waals surface area contributed by atoms with Gasteiger partial charge in [-0.25, -0.2) is 4.98 Å². The van der Waals surface area contributed by atoms with E-state index in [0.29, 0.717) is 11.3 Å². The van der Waals surface area contributed by atoms with Crippen LogP contribution < -0.4 is 5.32 Å². The van der Waals surface area contributed by atoms with Crippen molar-refractivity contribution in [2.75, 3.05) is 0 Å². The summed E-state index contributed by atoms with van der Waals surface area (Å²) in [5.74, 6) is 0.0593. The van der Waals surface area contributed by atoms with Gasteiger partial charge in [-0.15, -0.1) is 0 Å². The van der Waals surface area contributed by atoms with Gasteiger partial charge in [0.2, 0.25) is 0 Å². The highest BCUT2D eigenvalue weighted by Gasteiger charge is 2.10. The normalized spacial score (nSPS) is 10.7. The van der Waals surface area contributed by atoms with E-state index >= 15 is 0 Å². The number of pyridine rings is 1. The fourth-order valence-corrected chi connectivity index (χ4v) is 1.80. The minimum atomic E-state index is -0.300. The van der Waals surface area contributed by atoms with Gasteiger partial charge in [-0.3, -0.25) is 4.79 Å². The van der Waals surface area contributed by atoms with E-state index < -0.39 is 0 Å². The Morgan fingerprint density at radius 1 is 1.42 bits per heavy atom. The van der Waals surface area contributed by atoms with Gasteiger partial charge in [-0.05, 0) is 24.3 Å². The average Bonchev–Trinajstić information content (AvgIpc) is 3.05. The lowest BCUT2D eigenvalue weighted by molar-refractivity contribution is 0.0922. The Bertz CT molecular complexity index is 716. The highest BCUT2D eigenvalue weighted by atomic mass is 16.3. The fourth-order valence-electron chi connectivity index (χ4n) is 1.80. The van der Waals surface area contributed by atoms with Crippen molar-refractivity contribution >= 4 is 11.6 Å². The highest BCUT2D eigenvalue weighted by molar-refractivity contribution is 5.91. The maximum absolute atomic E-state index is 11.7. The second-order valence-electron chi connectivity index (χ2n) is 4.02. The van der Waals surface area contributed by atoms with Crippen LogP contribution in [-0.4, -0.2) is 20.4 Å². The summed E-state index contributed by atoms with van der Waals surface area (Å²) in [5.41, 5.74) is 1.12. The van der Waals surface area contributed by atoms with Crippen LogP contribution in [0.15, 0.2) is 47.3 Å². The molecular formula is C13H11N3O3. The van der Waals surface area contributed by atoms with Gasteiger partial charge in [0, 0.05) is 12.4 Å². The van der Waals surface area contributed by atoms with Crippen molar-refractivity contribution < 1.29 is 14.3 Å². The van der Waals surface area contributed by atoms with Gasteiger partial charge in [-0.2, -0.15) is 0 Å². The summed E-state index contributed by atoms with van der Waals surface area (Å²) in [4.78, 5) is 15.9. The largest absolute Gasteiger partial charge is 0.504 e. The van der Waals surface area contributed by atoms with Crippen molar-refractivity contribution in [3.8, 4) is 5.75 Å². The molecule has 0 bridgehead atoms. The Morgan fingerprint density at radius 3 is 3.05 bits per heavy atom. The first-order valence-electron chi connectivity index (χ1n) is 5.71. The summed E-state index contributed by atoms with van der Waals surface area (Å²) in [6.45, 7) is 0.265. The number of nitrogens with zero attached hydrogens (tertiary/aromatic N) is 2. The van der Waals surface area contributed by atoms with Crippen LogP contribution in [0.3, 0.4) is 0 Å². The second kappa shape index (κ2) is 4.49. The monoisotopic (exact) mass is 257 g/mol. The van der Waals surface area contributed by atoms with E-state index in [0.717, 1.165) is 0 Å². The summed E-state index contributed by atoms with van der Waals surface area (Å²) in [6.07, 6.45) is 4.97. The smallest absolute Gasteiger partial charge is 0.287 e. The van der Waals surface area contributed by atoms with E-state index in [4.69, 9.17) is 4.42 Å². The first-order valence-corrected chi connectivity index (χ1v) is 5.71. The Balaban J connectivity index is 1.75. The number of furan rings is 1. The van der Waals surface area contributed by atoms with Gasteiger partial charge in [0.1, 0.15) is 0 Å². The predicted octanol–water partition coefficient (Wildman–Crippen LogP) is 1.56. The molecule has 96 valence electrons. The molecule has 6 nitrogen and oxygen atoms in total. The summed E-state index contributed by atoms with van der Waals surface area (Å²) >= 11 is 0. The molecule has 0 saturated heterocycles. The Kier molecular flexibility index (Phi) is 2.68. The molecule has 0 aromatic carbocycles. The lowest BCUT2D eigenvalue weighted by Gasteiger charge is -1.99. The summed E-state index contributed by atoms with van der Waals surface area (Å²) in [5, 5.41) is 12.3. The molecule has 0 radical (unpaired) electrons. The number of nitrogens with one attached hydrogen (secondary N) is 1. The van der Waals surface area contributed by atoms with Crippen LogP contribution in [0.1, 0.15) is 16.2 Å². The Labute approximate surface area is 108 Å². The van der Waals surface area contributed by atoms with Crippen molar-refractivity contribution in [1.29, 1.82) is 0 Å². The molecule has 2 N–H and O–H groups in total. The molecule has 0 aliphatic rings. The topological polar surface area (TPSA) is 79.8 Å². The Hall–Kier alpha value is -2.76. The molecule has 3 rings (SSSR count). The zero-order chi connectivity index (χ0) is 13.2. The van der Waals surface area contributed by atoms with Crippen LogP contribution in [-0.2, 0) is 6.54 Å². The van der Waals surface area contributed by atoms with Crippen LogP contribution in [0, 0.1) is 0 Å². The molecule has 0 fully saturated rings. The molecule has 19 heavy (non-hydrogen) atoms. The van der Waals surface area contributed by atoms with Crippen molar-refractivity contribution in [2.24, 2.45) is 0 Å². The number of imidazole rings is 1. The van der Waals surface area contributed by atoms with Crippen LogP contribution in [0.4, 0.5) is 0 Å². The Morgan fingerprint density at radius 2 is 2.32 bits per heavy atom. The number of aromatic nitrogens is 2. The minimum Gasteiger partial charge on any atom is -0.504 e. The highest BCUT2D eigenvalue weighted by Crippen LogP contribution is 2.16. The molecule has 0 aliphatic heterocycles. The second-order valence-corrected chi connectivity index (χ2v) is 4.02. The molecule has 3 aromatic rings. The summed E-state index contributed by atoms with van der Waals surface area (Å²) < 4.78 is 6.68. The van der Waals surface area contributed by atoms with Gasteiger partial charge in [-0.1, -0.05) is 0 Å². The van der Waals surface area contributed by atoms with Gasteiger partial charge in [0.15, 0.2) is 17.2 Å². The maximum Gasteiger partial charge on any atom is 0.287 e. The number of aromatic hydroxyl groups is 1. The van der Waals surface area contributed by atoms with Crippen molar-refractivity contribution in [1.82, 2.24) is 14.7 Å². The molecule has 3 heterocycles. The zero-order valence-corrected chi connectivity index (χ0v) is 9.91. The van der Waals surface area contributed by atoms with Gasteiger partial charge in [0.25, 0.3) is 5.91 Å². The van der Waals surface area contributed by atoms with Gasteiger partial charge in [0.05, 0.1) is 18.5 Å². The SMILES string of the molecule is O=C(NCc1cn2cccc(O)c2n1)c1ccco1. The molecule has 3 aromatic heterocycles. The van der Waals surface area contributed by atoms with Gasteiger partial charge < -0.3 is 19.2 Å². The third kappa shape index (κ3) is 2.15. The maximum atomic E-state index is 11.7. The van der Waals surface area contributed by atoms with E-state index in [1.807, 2.05) is 0 Å². The van der Waals surface area contributed by atoms with Crippen LogP contribution in [0.2, 0.25) is 0 Å². The standard InChI is InChI=1S/C13H11N3O3/c17-10-3-1-5-16-8-9(15-12(10)16)7-14-13(18)11-4-2-6-19-11/h1-6,8,17H,7H2,(H,14,18). The minimum absolute atomic E-state index is 0.103. The summed E-state index contributed by atoms with van der Waals surface area (Å²) in [6, 6.07) is 6.52. The molecule has 0 aliphatic carbocycles. The van der Waals surface area contributed by atoms with Crippen molar-refractivity contribution in [3.05, 3.63) is 54.4 Å². The number of fused-ring (bicyclic) bond motifs is 1. The van der Waals surface area contributed by atoms with Crippen molar-refractivity contribution in [2.45, 2.75) is 6.54 Å². The number of carbonyl (C=O) groups excluding carboxylic acids is 1. The first kappa shape index (κ1) is 11.3. The van der Waals surface area contributed by atoms with Crippen LogP contribution in [0.25, 0.3) is 5.65 Å². The van der Waals surface area contributed by atoms with E-state index in [1.54, 1.807) is 41.1 Å². The van der Waals surface area contributed by atoms with E-state index in [9.17, 15) is 9.90 Å². The number of carbonyl (C=O) groups is 1. The zero-order valence-electron chi connectivity index (χ0n) is 9.91. The van der Waals surface area contributed by atoms with E-state index in [-0.39, 0.29) is 24.0 Å². The number of hydrogen-bond donors (Lipinski definition) is 2. The molecule has 0 saturated carbocycles. The van der Waals surface area contributed by atoms with E-state index in [1.165, 1.54) is 6.26 Å². The molecule has 6 heteroatoms. The third-order valence-electron chi connectivity index (χ3n) is 2.69. The number of amides is 1. The van der Waals surface area contributed by atoms with E-state index in [2.05, 4.69) is 10.3 Å². The molecule has 0 spiro atoms. The molecule has 1 amide bonds. The molecular weight excluding hydrogens is 246 g/mol. The van der Waals surface area contributed by atoms with Gasteiger partial charge >= 0.3 is 0 Å². The van der Waals surface area contributed by atoms with Crippen LogP contribution >= 0.6 is 0 Å². The predicted molar refractivity (Wildman–Crippen MR) is 66.7 cm³/mol. The molecule has 0 atom stereocenters. The van der Waals surface area contributed by atoms with Crippen LogP contribution in [0.5, 0.6) is 5.75 Å². The average molecular weight is 257 g/mol.